The van der Waals surface area contributed by atoms with Gasteiger partial charge in [-0.15, -0.1) is 11.3 Å². The molecule has 1 N–H and O–H groups in total. The van der Waals surface area contributed by atoms with Crippen molar-refractivity contribution in [2.75, 3.05) is 19.7 Å². The second-order valence-electron chi connectivity index (χ2n) is 4.38. The van der Waals surface area contributed by atoms with Gasteiger partial charge in [-0.2, -0.15) is 0 Å². The first-order valence-electron chi connectivity index (χ1n) is 6.08. The molecule has 0 bridgehead atoms. The van der Waals surface area contributed by atoms with Crippen molar-refractivity contribution < 1.29 is 4.74 Å². The molecule has 16 heavy (non-hydrogen) atoms. The third kappa shape index (κ3) is 3.54. The highest BCUT2D eigenvalue weighted by Crippen LogP contribution is 2.20. The topological polar surface area (TPSA) is 34.1 Å². The van der Waals surface area contributed by atoms with E-state index in [-0.39, 0.29) is 6.10 Å². The number of thiazole rings is 1. The Bertz CT molecular complexity index is 283. The van der Waals surface area contributed by atoms with Gasteiger partial charge in [0.05, 0.1) is 0 Å². The lowest BCUT2D eigenvalue weighted by atomic mass is 9.97. The van der Waals surface area contributed by atoms with Crippen molar-refractivity contribution >= 4 is 11.3 Å². The predicted octanol–water partition coefficient (Wildman–Crippen LogP) is 2.61. The highest BCUT2D eigenvalue weighted by molar-refractivity contribution is 7.09. The first kappa shape index (κ1) is 12.0. The van der Waals surface area contributed by atoms with Crippen molar-refractivity contribution in [3.8, 4) is 0 Å². The van der Waals surface area contributed by atoms with Gasteiger partial charge in [-0.3, -0.25) is 0 Å². The number of rotatable bonds is 5. The van der Waals surface area contributed by atoms with Crippen LogP contribution in [0.2, 0.25) is 0 Å². The van der Waals surface area contributed by atoms with E-state index in [1.54, 1.807) is 11.3 Å². The van der Waals surface area contributed by atoms with Crippen molar-refractivity contribution in [2.24, 2.45) is 5.92 Å². The summed E-state index contributed by atoms with van der Waals surface area (Å²) in [6, 6.07) is 0. The van der Waals surface area contributed by atoms with Gasteiger partial charge < -0.3 is 10.1 Å². The molecule has 1 aliphatic heterocycles. The highest BCUT2D eigenvalue weighted by Gasteiger charge is 2.14. The summed E-state index contributed by atoms with van der Waals surface area (Å²) in [5, 5.41) is 6.52. The first-order valence-corrected chi connectivity index (χ1v) is 6.96. The Morgan fingerprint density at radius 2 is 2.62 bits per heavy atom. The third-order valence-electron chi connectivity index (χ3n) is 3.09. The second kappa shape index (κ2) is 6.33. The van der Waals surface area contributed by atoms with Gasteiger partial charge in [0, 0.05) is 18.2 Å². The molecule has 0 saturated carbocycles. The highest BCUT2D eigenvalue weighted by atomic mass is 32.1. The Kier molecular flexibility index (Phi) is 4.75. The Hall–Kier alpha value is -0.450. The minimum Gasteiger partial charge on any atom is -0.371 e. The average molecular weight is 240 g/mol. The van der Waals surface area contributed by atoms with E-state index in [1.165, 1.54) is 25.8 Å². The molecule has 1 aromatic heterocycles. The number of piperidine rings is 1. The molecule has 1 aliphatic rings. The minimum atomic E-state index is 0.150. The molecule has 1 fully saturated rings. The van der Waals surface area contributed by atoms with Gasteiger partial charge in [-0.25, -0.2) is 4.98 Å². The standard InChI is InChI=1S/C12H20N2OS/c1-10(12-14-6-8-16-12)15-7-4-11-3-2-5-13-9-11/h6,8,10-11,13H,2-5,7,9H2,1H3/t10-,11+/m0/s1. The Balaban J connectivity index is 1.63. The largest absolute Gasteiger partial charge is 0.371 e. The number of aromatic nitrogens is 1. The van der Waals surface area contributed by atoms with Gasteiger partial charge in [0.2, 0.25) is 0 Å². The zero-order chi connectivity index (χ0) is 11.2. The molecule has 0 unspecified atom stereocenters. The molecule has 0 spiro atoms. The number of nitrogens with one attached hydrogen (secondary N) is 1. The van der Waals surface area contributed by atoms with Crippen LogP contribution in [-0.2, 0) is 4.74 Å². The molecule has 1 saturated heterocycles. The fourth-order valence-electron chi connectivity index (χ4n) is 2.09. The minimum absolute atomic E-state index is 0.150. The van der Waals surface area contributed by atoms with Crippen molar-refractivity contribution in [3.05, 3.63) is 16.6 Å². The molecule has 2 heterocycles. The fraction of sp³-hybridized carbons (Fsp3) is 0.750. The summed E-state index contributed by atoms with van der Waals surface area (Å²) in [4.78, 5) is 4.26. The predicted molar refractivity (Wildman–Crippen MR) is 66.7 cm³/mol. The molecule has 0 aliphatic carbocycles. The molecule has 1 aromatic rings. The molecular formula is C12H20N2OS. The van der Waals surface area contributed by atoms with Gasteiger partial charge in [0.1, 0.15) is 11.1 Å². The molecule has 90 valence electrons. The Morgan fingerprint density at radius 1 is 1.69 bits per heavy atom. The average Bonchev–Trinajstić information content (AvgIpc) is 2.84. The second-order valence-corrected chi connectivity index (χ2v) is 5.31. The van der Waals surface area contributed by atoms with Crippen molar-refractivity contribution in [3.63, 3.8) is 0 Å². The number of nitrogens with zero attached hydrogens (tertiary/aromatic N) is 1. The van der Waals surface area contributed by atoms with Crippen molar-refractivity contribution in [1.82, 2.24) is 10.3 Å². The van der Waals surface area contributed by atoms with E-state index in [9.17, 15) is 0 Å². The molecule has 2 rings (SSSR count). The van der Waals surface area contributed by atoms with E-state index in [1.807, 2.05) is 11.6 Å². The first-order chi connectivity index (χ1) is 7.86. The smallest absolute Gasteiger partial charge is 0.121 e. The fourth-order valence-corrected chi connectivity index (χ4v) is 2.73. The molecular weight excluding hydrogens is 220 g/mol. The van der Waals surface area contributed by atoms with E-state index in [2.05, 4.69) is 17.2 Å². The van der Waals surface area contributed by atoms with Crippen LogP contribution in [0.25, 0.3) is 0 Å². The van der Waals surface area contributed by atoms with Gasteiger partial charge in [-0.05, 0) is 45.2 Å². The van der Waals surface area contributed by atoms with Crippen LogP contribution in [-0.4, -0.2) is 24.7 Å². The van der Waals surface area contributed by atoms with Crippen LogP contribution in [0.5, 0.6) is 0 Å². The van der Waals surface area contributed by atoms with Gasteiger partial charge >= 0.3 is 0 Å². The van der Waals surface area contributed by atoms with E-state index in [0.29, 0.717) is 0 Å². The third-order valence-corrected chi connectivity index (χ3v) is 4.03. The Labute approximate surface area is 101 Å². The summed E-state index contributed by atoms with van der Waals surface area (Å²) in [7, 11) is 0. The molecule has 4 heteroatoms. The monoisotopic (exact) mass is 240 g/mol. The summed E-state index contributed by atoms with van der Waals surface area (Å²) in [5.41, 5.74) is 0. The number of hydrogen-bond donors (Lipinski definition) is 1. The van der Waals surface area contributed by atoms with Crippen molar-refractivity contribution in [2.45, 2.75) is 32.3 Å². The lowest BCUT2D eigenvalue weighted by Crippen LogP contribution is -2.30. The van der Waals surface area contributed by atoms with Crippen LogP contribution in [0.15, 0.2) is 11.6 Å². The molecule has 2 atom stereocenters. The van der Waals surface area contributed by atoms with Crippen LogP contribution in [0.1, 0.15) is 37.3 Å². The van der Waals surface area contributed by atoms with E-state index < -0.39 is 0 Å². The molecule has 3 nitrogen and oxygen atoms in total. The zero-order valence-electron chi connectivity index (χ0n) is 9.82. The lowest BCUT2D eigenvalue weighted by molar-refractivity contribution is 0.0537. The number of ether oxygens (including phenoxy) is 1. The summed E-state index contributed by atoms with van der Waals surface area (Å²) in [6.45, 7) is 5.28. The maximum atomic E-state index is 5.81. The summed E-state index contributed by atoms with van der Waals surface area (Å²) < 4.78 is 5.81. The van der Waals surface area contributed by atoms with Gasteiger partial charge in [0.25, 0.3) is 0 Å². The lowest BCUT2D eigenvalue weighted by Gasteiger charge is -2.23. The van der Waals surface area contributed by atoms with Crippen LogP contribution < -0.4 is 5.32 Å². The maximum absolute atomic E-state index is 5.81. The quantitative estimate of drug-likeness (QED) is 0.859. The van der Waals surface area contributed by atoms with E-state index >= 15 is 0 Å². The van der Waals surface area contributed by atoms with Crippen molar-refractivity contribution in [1.29, 1.82) is 0 Å². The van der Waals surface area contributed by atoms with Crippen LogP contribution >= 0.6 is 11.3 Å². The summed E-state index contributed by atoms with van der Waals surface area (Å²) in [5.74, 6) is 0.803. The Morgan fingerprint density at radius 3 is 3.31 bits per heavy atom. The number of hydrogen-bond acceptors (Lipinski definition) is 4. The van der Waals surface area contributed by atoms with E-state index in [0.717, 1.165) is 24.1 Å². The summed E-state index contributed by atoms with van der Waals surface area (Å²) in [6.07, 6.45) is 5.82. The van der Waals surface area contributed by atoms with Crippen LogP contribution in [0.3, 0.4) is 0 Å². The van der Waals surface area contributed by atoms with E-state index in [4.69, 9.17) is 4.74 Å². The molecule has 0 aromatic carbocycles. The van der Waals surface area contributed by atoms with Crippen LogP contribution in [0.4, 0.5) is 0 Å². The maximum Gasteiger partial charge on any atom is 0.121 e. The normalized spacial score (nSPS) is 23.2. The SMILES string of the molecule is C[C@H](OCC[C@H]1CCCNC1)c1nccs1. The van der Waals surface area contributed by atoms with Gasteiger partial charge in [0.15, 0.2) is 0 Å². The zero-order valence-corrected chi connectivity index (χ0v) is 10.6. The molecule has 0 amide bonds. The van der Waals surface area contributed by atoms with Gasteiger partial charge in [-0.1, -0.05) is 0 Å². The van der Waals surface area contributed by atoms with Crippen LogP contribution in [0, 0.1) is 5.92 Å². The summed E-state index contributed by atoms with van der Waals surface area (Å²) >= 11 is 1.67. The molecule has 0 radical (unpaired) electrons.